The highest BCUT2D eigenvalue weighted by atomic mass is 32.2. The van der Waals surface area contributed by atoms with Crippen molar-refractivity contribution in [3.05, 3.63) is 22.8 Å². The molecule has 6 heteroatoms. The second kappa shape index (κ2) is 11.3. The zero-order valence-corrected chi connectivity index (χ0v) is 28.2. The number of halogens is 1. The van der Waals surface area contributed by atoms with E-state index in [2.05, 4.69) is 61.6 Å². The van der Waals surface area contributed by atoms with Crippen LogP contribution in [-0.2, 0) is 14.3 Å². The molecule has 0 saturated heterocycles. The van der Waals surface area contributed by atoms with Crippen LogP contribution >= 0.6 is 0 Å². The molecule has 1 aliphatic heterocycles. The second-order valence-electron chi connectivity index (χ2n) is 15.8. The fraction of sp³-hybridized carbons (Fsp3) is 0.879. The van der Waals surface area contributed by atoms with Gasteiger partial charge in [0.1, 0.15) is 5.25 Å². The second-order valence-corrected chi connectivity index (χ2v) is 22.6. The van der Waals surface area contributed by atoms with Crippen LogP contribution in [0.3, 0.4) is 0 Å². The van der Waals surface area contributed by atoms with E-state index in [-0.39, 0.29) is 16.6 Å². The summed E-state index contributed by atoms with van der Waals surface area (Å²) in [7, 11) is -5.90. The minimum Gasteiger partial charge on any atom is -0.414 e. The van der Waals surface area contributed by atoms with Gasteiger partial charge in [-0.25, -0.2) is 12.8 Å². The lowest BCUT2D eigenvalue weighted by Crippen LogP contribution is -2.44. The third-order valence-electron chi connectivity index (χ3n) is 11.7. The Bertz CT molecular complexity index is 1070. The van der Waals surface area contributed by atoms with Gasteiger partial charge in [-0.05, 0) is 110 Å². The van der Waals surface area contributed by atoms with E-state index < -0.39 is 28.9 Å². The average Bonchev–Trinajstić information content (AvgIpc) is 3.26. The predicted molar refractivity (Wildman–Crippen MR) is 165 cm³/mol. The Labute approximate surface area is 240 Å². The van der Waals surface area contributed by atoms with Gasteiger partial charge in [-0.1, -0.05) is 79.4 Å². The molecule has 3 nitrogen and oxygen atoms in total. The summed E-state index contributed by atoms with van der Waals surface area (Å²) < 4.78 is 49.2. The summed E-state index contributed by atoms with van der Waals surface area (Å²) in [5.41, 5.74) is 1.08. The summed E-state index contributed by atoms with van der Waals surface area (Å²) in [5, 5.41) is -0.710. The topological polar surface area (TPSA) is 43.4 Å². The molecule has 0 aromatic heterocycles. The van der Waals surface area contributed by atoms with Crippen LogP contribution in [0.4, 0.5) is 4.39 Å². The van der Waals surface area contributed by atoms with Gasteiger partial charge in [0.05, 0.1) is 0 Å². The molecule has 4 rings (SSSR count). The highest BCUT2D eigenvalue weighted by Crippen LogP contribution is 2.60. The van der Waals surface area contributed by atoms with Crippen LogP contribution in [0, 0.1) is 29.1 Å². The number of hydrogen-bond acceptors (Lipinski definition) is 3. The fourth-order valence-electron chi connectivity index (χ4n) is 8.39. The summed E-state index contributed by atoms with van der Waals surface area (Å²) >= 11 is 0. The highest BCUT2D eigenvalue weighted by Gasteiger charge is 2.53. The maximum Gasteiger partial charge on any atom is 0.223 e. The minimum atomic E-state index is -3.90. The smallest absolute Gasteiger partial charge is 0.223 e. The summed E-state index contributed by atoms with van der Waals surface area (Å²) in [6.45, 7) is 20.8. The van der Waals surface area contributed by atoms with Crippen molar-refractivity contribution in [2.24, 2.45) is 29.1 Å². The molecule has 0 radical (unpaired) electrons. The Balaban J connectivity index is 1.57. The zero-order chi connectivity index (χ0) is 29.0. The maximum atomic E-state index is 15.5. The van der Waals surface area contributed by atoms with Crippen molar-refractivity contribution in [2.75, 3.05) is 0 Å². The lowest BCUT2D eigenvalue weighted by atomic mass is 9.60. The molecular formula is C33H57FO3SSi. The Morgan fingerprint density at radius 1 is 1.08 bits per heavy atom. The molecule has 2 fully saturated rings. The maximum absolute atomic E-state index is 15.5. The SMILES string of the molecule is CC(C)CCC[C@@H](C)[C@H]1CC[C@H]2/C(=C/[C@H]3C4=C(CC[C@H](O[Si](C)(C)C(C)(C)C)C4)[C@@H](F)S3(=O)=O)CCC[C@]12C. The van der Waals surface area contributed by atoms with Crippen molar-refractivity contribution in [2.45, 2.75) is 154 Å². The van der Waals surface area contributed by atoms with Crippen LogP contribution in [-0.4, -0.2) is 33.6 Å². The normalized spacial score (nSPS) is 36.9. The molecule has 7 atom stereocenters. The molecule has 1 heterocycles. The van der Waals surface area contributed by atoms with E-state index in [0.717, 1.165) is 37.2 Å². The first-order chi connectivity index (χ1) is 18.0. The molecule has 39 heavy (non-hydrogen) atoms. The summed E-state index contributed by atoms with van der Waals surface area (Å²) in [6, 6.07) is 0. The van der Waals surface area contributed by atoms with E-state index >= 15 is 4.39 Å². The van der Waals surface area contributed by atoms with Crippen molar-refractivity contribution in [3.8, 4) is 0 Å². The largest absolute Gasteiger partial charge is 0.414 e. The Morgan fingerprint density at radius 2 is 1.77 bits per heavy atom. The molecule has 4 aliphatic rings. The Kier molecular flexibility index (Phi) is 9.13. The highest BCUT2D eigenvalue weighted by molar-refractivity contribution is 7.93. The summed E-state index contributed by atoms with van der Waals surface area (Å²) in [6.07, 6.45) is 13.4. The predicted octanol–water partition coefficient (Wildman–Crippen LogP) is 9.56. The molecular weight excluding hydrogens is 524 g/mol. The van der Waals surface area contributed by atoms with Gasteiger partial charge in [-0.3, -0.25) is 0 Å². The van der Waals surface area contributed by atoms with E-state index in [9.17, 15) is 8.42 Å². The average molecular weight is 581 g/mol. The lowest BCUT2D eigenvalue weighted by molar-refractivity contribution is 0.0926. The van der Waals surface area contributed by atoms with E-state index in [1.165, 1.54) is 37.7 Å². The van der Waals surface area contributed by atoms with Crippen LogP contribution in [0.5, 0.6) is 0 Å². The van der Waals surface area contributed by atoms with Gasteiger partial charge in [-0.15, -0.1) is 0 Å². The van der Waals surface area contributed by atoms with Gasteiger partial charge in [0, 0.05) is 6.10 Å². The summed E-state index contributed by atoms with van der Waals surface area (Å²) in [5.74, 6) is 2.58. The third kappa shape index (κ3) is 6.05. The zero-order valence-electron chi connectivity index (χ0n) is 26.4. The van der Waals surface area contributed by atoms with Gasteiger partial charge >= 0.3 is 0 Å². The van der Waals surface area contributed by atoms with Crippen molar-refractivity contribution in [3.63, 3.8) is 0 Å². The number of allylic oxidation sites excluding steroid dienone is 1. The standard InChI is InChI=1S/C33H57FO3SSi/c1-22(2)12-10-13-23(3)28-17-18-29-24(14-11-19-33(28,29)7)20-30-27-21-25(37-39(8,9)32(4,5)6)15-16-26(27)31(34)38(30,35)36/h20,22-23,25,28-31H,10-19,21H2,1-9H3/b24-20+/t23-,25+,28-,29+,30+,31+,33-/m1/s1. The van der Waals surface area contributed by atoms with Crippen LogP contribution < -0.4 is 0 Å². The molecule has 0 aromatic rings. The Morgan fingerprint density at radius 3 is 2.41 bits per heavy atom. The van der Waals surface area contributed by atoms with Gasteiger partial charge in [0.25, 0.3) is 0 Å². The van der Waals surface area contributed by atoms with Crippen molar-refractivity contribution in [1.82, 2.24) is 0 Å². The molecule has 0 spiro atoms. The molecule has 0 bridgehead atoms. The number of alkyl halides is 1. The number of fused-ring (bicyclic) bond motifs is 1. The number of rotatable bonds is 8. The van der Waals surface area contributed by atoms with Crippen molar-refractivity contribution in [1.29, 1.82) is 0 Å². The third-order valence-corrected chi connectivity index (χ3v) is 18.2. The molecule has 0 unspecified atom stereocenters. The van der Waals surface area contributed by atoms with Gasteiger partial charge < -0.3 is 4.43 Å². The van der Waals surface area contributed by atoms with Gasteiger partial charge in [-0.2, -0.15) is 0 Å². The van der Waals surface area contributed by atoms with Crippen molar-refractivity contribution < 1.29 is 17.2 Å². The lowest BCUT2D eigenvalue weighted by Gasteiger charge is -2.45. The van der Waals surface area contributed by atoms with Crippen LogP contribution in [0.2, 0.25) is 18.1 Å². The molecule has 0 amide bonds. The Hall–Kier alpha value is -0.463. The van der Waals surface area contributed by atoms with Crippen LogP contribution in [0.1, 0.15) is 119 Å². The first-order valence-electron chi connectivity index (χ1n) is 16.0. The first kappa shape index (κ1) is 31.5. The van der Waals surface area contributed by atoms with Crippen molar-refractivity contribution >= 4 is 18.2 Å². The van der Waals surface area contributed by atoms with Gasteiger partial charge in [0.2, 0.25) is 5.50 Å². The summed E-state index contributed by atoms with van der Waals surface area (Å²) in [4.78, 5) is 0. The van der Waals surface area contributed by atoms with E-state index in [0.29, 0.717) is 36.2 Å². The van der Waals surface area contributed by atoms with E-state index in [1.807, 2.05) is 6.08 Å². The monoisotopic (exact) mass is 580 g/mol. The van der Waals surface area contributed by atoms with Crippen LogP contribution in [0.15, 0.2) is 22.8 Å². The minimum absolute atomic E-state index is 0.00906. The van der Waals surface area contributed by atoms with E-state index in [4.69, 9.17) is 4.43 Å². The number of hydrogen-bond donors (Lipinski definition) is 0. The number of sulfone groups is 1. The molecule has 3 aliphatic carbocycles. The van der Waals surface area contributed by atoms with Gasteiger partial charge in [0.15, 0.2) is 18.2 Å². The van der Waals surface area contributed by atoms with E-state index in [1.54, 1.807) is 0 Å². The molecule has 2 saturated carbocycles. The quantitative estimate of drug-likeness (QED) is 0.212. The molecule has 0 N–H and O–H groups in total. The van der Waals surface area contributed by atoms with Crippen LogP contribution in [0.25, 0.3) is 0 Å². The fourth-order valence-corrected chi connectivity index (χ4v) is 11.7. The first-order valence-corrected chi connectivity index (χ1v) is 20.5. The molecule has 224 valence electrons. The molecule has 0 aromatic carbocycles.